The number of thioether (sulfide) groups is 1. The molecule has 2 aromatic rings. The Kier molecular flexibility index (Phi) is 6.04. The highest BCUT2D eigenvalue weighted by atomic mass is 32.2. The zero-order valence-electron chi connectivity index (χ0n) is 19.1. The molecule has 2 aromatic carbocycles. The van der Waals surface area contributed by atoms with Gasteiger partial charge in [-0.3, -0.25) is 24.2 Å². The van der Waals surface area contributed by atoms with Crippen LogP contribution in [0.3, 0.4) is 0 Å². The number of fused-ring (bicyclic) bond motifs is 1. The van der Waals surface area contributed by atoms with Gasteiger partial charge in [0.25, 0.3) is 11.8 Å². The summed E-state index contributed by atoms with van der Waals surface area (Å²) >= 11 is 6.75. The summed E-state index contributed by atoms with van der Waals surface area (Å²) in [7, 11) is 0. The van der Waals surface area contributed by atoms with Crippen molar-refractivity contribution in [2.75, 3.05) is 16.8 Å². The van der Waals surface area contributed by atoms with Gasteiger partial charge in [0, 0.05) is 17.3 Å². The van der Waals surface area contributed by atoms with Crippen LogP contribution in [0.5, 0.6) is 0 Å². The number of carbonyl (C=O) groups is 3. The average molecular weight is 492 g/mol. The van der Waals surface area contributed by atoms with Gasteiger partial charge in [0.15, 0.2) is 0 Å². The lowest BCUT2D eigenvalue weighted by atomic mass is 10.1. The molecule has 1 saturated carbocycles. The van der Waals surface area contributed by atoms with Crippen LogP contribution in [0.15, 0.2) is 47.4 Å². The quantitative estimate of drug-likeness (QED) is 0.491. The van der Waals surface area contributed by atoms with Gasteiger partial charge in [-0.1, -0.05) is 73.2 Å². The lowest BCUT2D eigenvalue weighted by Gasteiger charge is -2.22. The van der Waals surface area contributed by atoms with Crippen LogP contribution in [0.2, 0.25) is 0 Å². The molecule has 0 bridgehead atoms. The Balaban J connectivity index is 1.46. The van der Waals surface area contributed by atoms with Crippen LogP contribution in [0, 0.1) is 13.8 Å². The minimum absolute atomic E-state index is 0.108. The molecule has 0 radical (unpaired) electrons. The Morgan fingerprint density at radius 1 is 1.03 bits per heavy atom. The van der Waals surface area contributed by atoms with Crippen LogP contribution in [-0.2, 0) is 14.4 Å². The van der Waals surface area contributed by atoms with Crippen molar-refractivity contribution in [3.63, 3.8) is 0 Å². The van der Waals surface area contributed by atoms with E-state index in [-0.39, 0.29) is 30.3 Å². The van der Waals surface area contributed by atoms with E-state index in [2.05, 4.69) is 5.32 Å². The second kappa shape index (κ2) is 9.00. The van der Waals surface area contributed by atoms with Gasteiger partial charge in [0.05, 0.1) is 16.2 Å². The highest BCUT2D eigenvalue weighted by molar-refractivity contribution is 8.26. The van der Waals surface area contributed by atoms with Crippen molar-refractivity contribution in [1.82, 2.24) is 4.90 Å². The fraction of sp³-hybridized carbons (Fsp3) is 0.308. The first kappa shape index (κ1) is 22.8. The molecule has 5 rings (SSSR count). The summed E-state index contributed by atoms with van der Waals surface area (Å²) in [6.07, 6.45) is 4.03. The van der Waals surface area contributed by atoms with Gasteiger partial charge >= 0.3 is 0 Å². The third kappa shape index (κ3) is 3.84. The van der Waals surface area contributed by atoms with E-state index in [9.17, 15) is 14.4 Å². The Labute approximate surface area is 208 Å². The van der Waals surface area contributed by atoms with Gasteiger partial charge in [-0.2, -0.15) is 0 Å². The van der Waals surface area contributed by atoms with Gasteiger partial charge in [0.2, 0.25) is 5.91 Å². The lowest BCUT2D eigenvalue weighted by molar-refractivity contribution is -0.123. The monoisotopic (exact) mass is 491 g/mol. The summed E-state index contributed by atoms with van der Waals surface area (Å²) in [5.74, 6) is -0.827. The van der Waals surface area contributed by atoms with Crippen molar-refractivity contribution in [2.24, 2.45) is 0 Å². The Hall–Kier alpha value is -2.97. The first-order valence-corrected chi connectivity index (χ1v) is 12.7. The van der Waals surface area contributed by atoms with E-state index < -0.39 is 0 Å². The minimum atomic E-state index is -0.343. The molecule has 2 fully saturated rings. The molecule has 6 nitrogen and oxygen atoms in total. The summed E-state index contributed by atoms with van der Waals surface area (Å²) in [5, 5.41) is 2.95. The van der Waals surface area contributed by atoms with Crippen LogP contribution >= 0.6 is 24.0 Å². The van der Waals surface area contributed by atoms with Crippen molar-refractivity contribution in [2.45, 2.75) is 45.6 Å². The molecular weight excluding hydrogens is 466 g/mol. The van der Waals surface area contributed by atoms with Crippen LogP contribution in [0.1, 0.15) is 42.4 Å². The van der Waals surface area contributed by atoms with E-state index in [1.807, 2.05) is 56.3 Å². The van der Waals surface area contributed by atoms with E-state index in [0.717, 1.165) is 42.5 Å². The Bertz CT molecular complexity index is 1240. The standard InChI is InChI=1S/C26H25N3O3S2/c1-15-8-7-9-16(2)22(15)27-20(30)14-28-19-13-6-5-12-18(19)21(24(28)31)23-25(32)29(26(33)34-23)17-10-3-4-11-17/h5-9,12-13,17H,3-4,10-11,14H2,1-2H3,(H,27,30)/b23-21+. The minimum Gasteiger partial charge on any atom is -0.324 e. The first-order valence-electron chi connectivity index (χ1n) is 11.4. The molecule has 174 valence electrons. The molecule has 8 heteroatoms. The second-order valence-corrected chi connectivity index (χ2v) is 10.6. The number of benzene rings is 2. The second-order valence-electron chi connectivity index (χ2n) is 8.91. The van der Waals surface area contributed by atoms with Crippen LogP contribution in [0.25, 0.3) is 5.57 Å². The average Bonchev–Trinajstić information content (AvgIpc) is 3.49. The number of carbonyl (C=O) groups excluding carboxylic acids is 3. The third-order valence-corrected chi connectivity index (χ3v) is 8.09. The number of aryl methyl sites for hydroxylation is 2. The summed E-state index contributed by atoms with van der Waals surface area (Å²) in [5.41, 5.74) is 4.30. The number of para-hydroxylation sites is 2. The first-order chi connectivity index (χ1) is 16.4. The molecule has 2 aliphatic heterocycles. The normalized spacial score (nSPS) is 20.5. The Morgan fingerprint density at radius 2 is 1.71 bits per heavy atom. The van der Waals surface area contributed by atoms with Crippen LogP contribution in [0.4, 0.5) is 11.4 Å². The number of amides is 3. The number of nitrogens with zero attached hydrogens (tertiary/aromatic N) is 2. The smallest absolute Gasteiger partial charge is 0.267 e. The molecule has 1 aliphatic carbocycles. The highest BCUT2D eigenvalue weighted by Gasteiger charge is 2.44. The topological polar surface area (TPSA) is 69.7 Å². The van der Waals surface area contributed by atoms with Gasteiger partial charge in [0.1, 0.15) is 10.9 Å². The van der Waals surface area contributed by atoms with Gasteiger partial charge in [-0.25, -0.2) is 0 Å². The van der Waals surface area contributed by atoms with E-state index in [0.29, 0.717) is 26.0 Å². The van der Waals surface area contributed by atoms with E-state index in [4.69, 9.17) is 12.2 Å². The van der Waals surface area contributed by atoms with Gasteiger partial charge in [-0.15, -0.1) is 0 Å². The summed E-state index contributed by atoms with van der Waals surface area (Å²) in [6.45, 7) is 3.72. The molecule has 1 saturated heterocycles. The molecule has 0 spiro atoms. The van der Waals surface area contributed by atoms with Crippen molar-refractivity contribution in [1.29, 1.82) is 0 Å². The molecule has 0 atom stereocenters. The van der Waals surface area contributed by atoms with Crippen LogP contribution in [-0.4, -0.2) is 39.5 Å². The maximum Gasteiger partial charge on any atom is 0.267 e. The molecule has 2 heterocycles. The third-order valence-electron chi connectivity index (χ3n) is 6.69. The van der Waals surface area contributed by atoms with Gasteiger partial charge < -0.3 is 5.32 Å². The van der Waals surface area contributed by atoms with Gasteiger partial charge in [-0.05, 0) is 43.9 Å². The number of anilines is 2. The molecule has 34 heavy (non-hydrogen) atoms. The number of hydrogen-bond acceptors (Lipinski definition) is 5. The fourth-order valence-electron chi connectivity index (χ4n) is 5.00. The Morgan fingerprint density at radius 3 is 2.41 bits per heavy atom. The van der Waals surface area contributed by atoms with E-state index >= 15 is 0 Å². The number of rotatable bonds is 4. The van der Waals surface area contributed by atoms with Crippen molar-refractivity contribution in [3.05, 3.63) is 64.1 Å². The zero-order valence-corrected chi connectivity index (χ0v) is 20.7. The zero-order chi connectivity index (χ0) is 24.0. The van der Waals surface area contributed by atoms with E-state index in [1.165, 1.54) is 16.7 Å². The highest BCUT2D eigenvalue weighted by Crippen LogP contribution is 2.46. The predicted molar refractivity (Wildman–Crippen MR) is 140 cm³/mol. The number of nitrogens with one attached hydrogen (secondary N) is 1. The predicted octanol–water partition coefficient (Wildman–Crippen LogP) is 4.80. The molecule has 0 aromatic heterocycles. The number of hydrogen-bond donors (Lipinski definition) is 1. The van der Waals surface area contributed by atoms with E-state index in [1.54, 1.807) is 4.90 Å². The maximum atomic E-state index is 13.6. The van der Waals surface area contributed by atoms with Crippen molar-refractivity contribution >= 4 is 63.0 Å². The SMILES string of the molecule is Cc1cccc(C)c1NC(=O)CN1C(=O)/C(=C2/SC(=S)N(C3CCCC3)C2=O)c2ccccc21. The lowest BCUT2D eigenvalue weighted by Crippen LogP contribution is -2.37. The summed E-state index contributed by atoms with van der Waals surface area (Å²) in [4.78, 5) is 43.5. The molecular formula is C26H25N3O3S2. The van der Waals surface area contributed by atoms with Crippen molar-refractivity contribution < 1.29 is 14.4 Å². The number of thiocarbonyl (C=S) groups is 1. The molecule has 3 amide bonds. The molecule has 0 unspecified atom stereocenters. The maximum absolute atomic E-state index is 13.6. The largest absolute Gasteiger partial charge is 0.324 e. The molecule has 1 N–H and O–H groups in total. The summed E-state index contributed by atoms with van der Waals surface area (Å²) in [6, 6.07) is 13.2. The summed E-state index contributed by atoms with van der Waals surface area (Å²) < 4.78 is 0.510. The molecule has 3 aliphatic rings. The van der Waals surface area contributed by atoms with Crippen LogP contribution < -0.4 is 10.2 Å². The fourth-order valence-corrected chi connectivity index (χ4v) is 6.47. The van der Waals surface area contributed by atoms with Crippen molar-refractivity contribution in [3.8, 4) is 0 Å².